The van der Waals surface area contributed by atoms with Gasteiger partial charge < -0.3 is 10.2 Å². The Morgan fingerprint density at radius 1 is 1.50 bits per heavy atom. The quantitative estimate of drug-likeness (QED) is 0.313. The molecule has 0 spiro atoms. The van der Waals surface area contributed by atoms with Crippen molar-refractivity contribution in [2.24, 2.45) is 5.84 Å². The van der Waals surface area contributed by atoms with Crippen LogP contribution in [0.1, 0.15) is 33.1 Å². The number of carboxylic acids is 1. The van der Waals surface area contributed by atoms with Gasteiger partial charge in [-0.05, 0) is 13.3 Å². The monoisotopic (exact) mass is 204 g/mol. The maximum Gasteiger partial charge on any atom is 0.325 e. The van der Waals surface area contributed by atoms with E-state index in [-0.39, 0.29) is 0 Å². The van der Waals surface area contributed by atoms with Crippen molar-refractivity contribution in [3.8, 4) is 0 Å². The van der Waals surface area contributed by atoms with Crippen LogP contribution in [-0.4, -0.2) is 39.9 Å². The zero-order chi connectivity index (χ0) is 11.1. The lowest BCUT2D eigenvalue weighted by Gasteiger charge is -2.25. The number of carbonyl (C=O) groups is 1. The molecule has 0 aromatic rings. The van der Waals surface area contributed by atoms with Crippen molar-refractivity contribution < 1.29 is 15.0 Å². The fourth-order valence-electron chi connectivity index (χ4n) is 1.31. The fraction of sp³-hybridized carbons (Fsp3) is 0.889. The van der Waals surface area contributed by atoms with Crippen LogP contribution < -0.4 is 5.84 Å². The number of aliphatic hydroxyl groups is 1. The van der Waals surface area contributed by atoms with Gasteiger partial charge in [-0.1, -0.05) is 19.8 Å². The van der Waals surface area contributed by atoms with Gasteiger partial charge in [-0.15, -0.1) is 0 Å². The van der Waals surface area contributed by atoms with E-state index in [1.807, 2.05) is 0 Å². The number of nitrogens with two attached hydrogens (primary N) is 1. The van der Waals surface area contributed by atoms with Gasteiger partial charge in [-0.25, -0.2) is 5.01 Å². The van der Waals surface area contributed by atoms with E-state index in [2.05, 4.69) is 6.92 Å². The number of hydrazine groups is 1. The molecular formula is C9H20N2O3. The first-order valence-electron chi connectivity index (χ1n) is 4.93. The van der Waals surface area contributed by atoms with E-state index in [4.69, 9.17) is 10.9 Å². The molecule has 0 radical (unpaired) electrons. The molecule has 0 amide bonds. The summed E-state index contributed by atoms with van der Waals surface area (Å²) in [4.78, 5) is 10.7. The summed E-state index contributed by atoms with van der Waals surface area (Å²) in [6, 6.07) is -1.01. The summed E-state index contributed by atoms with van der Waals surface area (Å²) in [5.74, 6) is 4.47. The van der Waals surface area contributed by atoms with Crippen LogP contribution in [0.5, 0.6) is 0 Å². The Kier molecular flexibility index (Phi) is 6.44. The van der Waals surface area contributed by atoms with Crippen LogP contribution in [0, 0.1) is 0 Å². The third-order valence-electron chi connectivity index (χ3n) is 2.09. The molecule has 0 aliphatic heterocycles. The Bertz CT molecular complexity index is 173. The van der Waals surface area contributed by atoms with E-state index >= 15 is 0 Å². The largest absolute Gasteiger partial charge is 0.480 e. The molecule has 0 fully saturated rings. The molecule has 5 heteroatoms. The molecule has 84 valence electrons. The fourth-order valence-corrected chi connectivity index (χ4v) is 1.31. The lowest BCUT2D eigenvalue weighted by atomic mass is 10.1. The Morgan fingerprint density at radius 2 is 2.07 bits per heavy atom. The van der Waals surface area contributed by atoms with Gasteiger partial charge in [0.2, 0.25) is 0 Å². The lowest BCUT2D eigenvalue weighted by molar-refractivity contribution is -0.147. The van der Waals surface area contributed by atoms with Gasteiger partial charge in [0, 0.05) is 6.54 Å². The maximum atomic E-state index is 10.7. The van der Waals surface area contributed by atoms with Gasteiger partial charge in [0.15, 0.2) is 0 Å². The van der Waals surface area contributed by atoms with Crippen molar-refractivity contribution in [1.29, 1.82) is 0 Å². The second kappa shape index (κ2) is 6.75. The van der Waals surface area contributed by atoms with Crippen LogP contribution in [-0.2, 0) is 4.79 Å². The van der Waals surface area contributed by atoms with E-state index in [9.17, 15) is 9.90 Å². The van der Waals surface area contributed by atoms with Crippen molar-refractivity contribution in [3.05, 3.63) is 0 Å². The first-order chi connectivity index (χ1) is 6.50. The van der Waals surface area contributed by atoms with Crippen LogP contribution in [0.4, 0.5) is 0 Å². The topological polar surface area (TPSA) is 86.8 Å². The summed E-state index contributed by atoms with van der Waals surface area (Å²) in [5.41, 5.74) is 0. The first kappa shape index (κ1) is 13.4. The highest BCUT2D eigenvalue weighted by Crippen LogP contribution is 2.03. The van der Waals surface area contributed by atoms with E-state index in [1.165, 1.54) is 11.9 Å². The Labute approximate surface area is 84.5 Å². The minimum Gasteiger partial charge on any atom is -0.480 e. The molecule has 0 aromatic heterocycles. The highest BCUT2D eigenvalue weighted by Gasteiger charge is 2.27. The smallest absolute Gasteiger partial charge is 0.325 e. The molecule has 0 heterocycles. The maximum absolute atomic E-state index is 10.7. The molecule has 4 N–H and O–H groups in total. The average molecular weight is 204 g/mol. The molecule has 0 saturated heterocycles. The molecule has 14 heavy (non-hydrogen) atoms. The summed E-state index contributed by atoms with van der Waals surface area (Å²) in [7, 11) is 0. The number of rotatable bonds is 7. The van der Waals surface area contributed by atoms with Crippen molar-refractivity contribution in [2.75, 3.05) is 6.54 Å². The van der Waals surface area contributed by atoms with E-state index in [0.717, 1.165) is 19.3 Å². The number of aliphatic hydroxyl groups excluding tert-OH is 1. The molecule has 0 bridgehead atoms. The van der Waals surface area contributed by atoms with Crippen LogP contribution >= 0.6 is 0 Å². The van der Waals surface area contributed by atoms with Crippen LogP contribution in [0.25, 0.3) is 0 Å². The Morgan fingerprint density at radius 3 is 2.43 bits per heavy atom. The molecule has 0 saturated carbocycles. The van der Waals surface area contributed by atoms with Crippen LogP contribution in [0.15, 0.2) is 0 Å². The normalized spacial score (nSPS) is 15.5. The molecule has 0 aromatic carbocycles. The molecule has 0 aliphatic carbocycles. The summed E-state index contributed by atoms with van der Waals surface area (Å²) in [6.45, 7) is 3.98. The number of hydrogen-bond donors (Lipinski definition) is 3. The third kappa shape index (κ3) is 4.55. The van der Waals surface area contributed by atoms with E-state index in [1.54, 1.807) is 0 Å². The number of unbranched alkanes of at least 4 members (excludes halogenated alkanes) is 2. The van der Waals surface area contributed by atoms with Crippen LogP contribution in [0.2, 0.25) is 0 Å². The van der Waals surface area contributed by atoms with Gasteiger partial charge in [0.25, 0.3) is 0 Å². The van der Waals surface area contributed by atoms with Gasteiger partial charge in [0.1, 0.15) is 6.04 Å². The van der Waals surface area contributed by atoms with Gasteiger partial charge in [-0.3, -0.25) is 10.6 Å². The van der Waals surface area contributed by atoms with E-state index < -0.39 is 18.1 Å². The molecule has 0 rings (SSSR count). The van der Waals surface area contributed by atoms with Crippen molar-refractivity contribution in [2.45, 2.75) is 45.3 Å². The molecule has 2 atom stereocenters. The summed E-state index contributed by atoms with van der Waals surface area (Å²) in [5, 5.41) is 19.2. The first-order valence-corrected chi connectivity index (χ1v) is 4.93. The zero-order valence-electron chi connectivity index (χ0n) is 8.81. The van der Waals surface area contributed by atoms with Gasteiger partial charge >= 0.3 is 5.97 Å². The molecular weight excluding hydrogens is 184 g/mol. The van der Waals surface area contributed by atoms with E-state index in [0.29, 0.717) is 6.54 Å². The Hall–Kier alpha value is -0.650. The standard InChI is InChI=1S/C9H20N2O3/c1-3-4-5-6-11(10)8(7(2)12)9(13)14/h7-8,12H,3-6,10H2,1-2H3,(H,13,14). The molecule has 5 nitrogen and oxygen atoms in total. The SMILES string of the molecule is CCCCCN(N)C(C(=O)O)C(C)O. The zero-order valence-corrected chi connectivity index (χ0v) is 8.81. The minimum absolute atomic E-state index is 0.496. The summed E-state index contributed by atoms with van der Waals surface area (Å²) < 4.78 is 0. The second-order valence-corrected chi connectivity index (χ2v) is 3.47. The second-order valence-electron chi connectivity index (χ2n) is 3.47. The molecule has 0 aliphatic rings. The van der Waals surface area contributed by atoms with Crippen LogP contribution in [0.3, 0.4) is 0 Å². The number of hydrogen-bond acceptors (Lipinski definition) is 4. The number of aliphatic carboxylic acids is 1. The van der Waals surface area contributed by atoms with Gasteiger partial charge in [-0.2, -0.15) is 0 Å². The average Bonchev–Trinajstić information content (AvgIpc) is 2.03. The van der Waals surface area contributed by atoms with Crippen molar-refractivity contribution in [1.82, 2.24) is 5.01 Å². The predicted octanol–water partition coefficient (Wildman–Crippen LogP) is 0.186. The summed E-state index contributed by atoms with van der Waals surface area (Å²) >= 11 is 0. The summed E-state index contributed by atoms with van der Waals surface area (Å²) in [6.07, 6.45) is 1.96. The third-order valence-corrected chi connectivity index (χ3v) is 2.09. The lowest BCUT2D eigenvalue weighted by Crippen LogP contribution is -2.52. The number of nitrogens with zero attached hydrogens (tertiary/aromatic N) is 1. The number of carboxylic acid groups (broad SMARTS) is 1. The minimum atomic E-state index is -1.08. The van der Waals surface area contributed by atoms with Crippen molar-refractivity contribution >= 4 is 5.97 Å². The van der Waals surface area contributed by atoms with Gasteiger partial charge in [0.05, 0.1) is 6.10 Å². The Balaban J connectivity index is 4.02. The highest BCUT2D eigenvalue weighted by molar-refractivity contribution is 5.74. The molecule has 2 unspecified atom stereocenters. The predicted molar refractivity (Wildman–Crippen MR) is 53.5 cm³/mol. The van der Waals surface area contributed by atoms with Crippen molar-refractivity contribution in [3.63, 3.8) is 0 Å². The highest BCUT2D eigenvalue weighted by atomic mass is 16.4.